The Hall–Kier alpha value is -2.69. The number of rotatable bonds is 5. The summed E-state index contributed by atoms with van der Waals surface area (Å²) in [5.74, 6) is -1.51. The highest BCUT2D eigenvalue weighted by atomic mass is 16.6. The first kappa shape index (κ1) is 13.4. The third kappa shape index (κ3) is 3.15. The molecule has 8 heteroatoms. The summed E-state index contributed by atoms with van der Waals surface area (Å²) < 4.78 is 0. The van der Waals surface area contributed by atoms with Gasteiger partial charge in [0, 0.05) is 12.6 Å². The van der Waals surface area contributed by atoms with Gasteiger partial charge in [0.05, 0.1) is 10.8 Å². The summed E-state index contributed by atoms with van der Waals surface area (Å²) in [5, 5.41) is 30.7. The first-order valence-corrected chi connectivity index (χ1v) is 4.97. The molecule has 0 saturated heterocycles. The maximum absolute atomic E-state index is 10.6. The number of aromatic nitrogens is 1. The minimum absolute atomic E-state index is 0.00166. The normalized spacial score (nSPS) is 11.3. The molecular weight excluding hydrogens is 240 g/mol. The van der Waals surface area contributed by atoms with Gasteiger partial charge in [-0.15, -0.1) is 0 Å². The molecule has 2 N–H and O–H groups in total. The Balaban J connectivity index is 2.87. The van der Waals surface area contributed by atoms with Crippen LogP contribution < -0.4 is 5.32 Å². The first-order chi connectivity index (χ1) is 8.45. The number of nitrogens with zero attached hydrogens (tertiary/aromatic N) is 3. The van der Waals surface area contributed by atoms with E-state index < -0.39 is 16.8 Å². The molecule has 1 atom stereocenters. The Kier molecular flexibility index (Phi) is 4.15. The fourth-order valence-corrected chi connectivity index (χ4v) is 1.12. The second kappa shape index (κ2) is 5.58. The molecule has 0 bridgehead atoms. The molecule has 0 aliphatic rings. The van der Waals surface area contributed by atoms with Gasteiger partial charge in [-0.3, -0.25) is 14.9 Å². The number of nitriles is 1. The highest BCUT2D eigenvalue weighted by Crippen LogP contribution is 2.18. The lowest BCUT2D eigenvalue weighted by atomic mass is 10.2. The molecule has 1 unspecified atom stereocenters. The van der Waals surface area contributed by atoms with Crippen molar-refractivity contribution in [2.75, 3.05) is 11.9 Å². The zero-order valence-electron chi connectivity index (χ0n) is 9.45. The number of anilines is 1. The molecule has 0 spiro atoms. The van der Waals surface area contributed by atoms with Gasteiger partial charge in [0.1, 0.15) is 23.6 Å². The summed E-state index contributed by atoms with van der Waals surface area (Å²) in [5.41, 5.74) is -0.287. The molecule has 8 nitrogen and oxygen atoms in total. The van der Waals surface area contributed by atoms with E-state index in [0.29, 0.717) is 0 Å². The van der Waals surface area contributed by atoms with E-state index in [9.17, 15) is 14.9 Å². The van der Waals surface area contributed by atoms with Crippen LogP contribution in [0.15, 0.2) is 12.3 Å². The topological polar surface area (TPSA) is 129 Å². The maximum Gasteiger partial charge on any atom is 0.308 e. The second-order valence-corrected chi connectivity index (χ2v) is 3.58. The van der Waals surface area contributed by atoms with Crippen molar-refractivity contribution < 1.29 is 14.8 Å². The molecule has 18 heavy (non-hydrogen) atoms. The fraction of sp³-hybridized carbons (Fsp3) is 0.300. The SMILES string of the molecule is CC(CNc1ncc([N+](=O)[O-])cc1C#N)C(=O)O. The number of carbonyl (C=O) groups is 1. The van der Waals surface area contributed by atoms with Crippen molar-refractivity contribution >= 4 is 17.5 Å². The van der Waals surface area contributed by atoms with Crippen LogP contribution in [0, 0.1) is 27.4 Å². The Morgan fingerprint density at radius 1 is 1.78 bits per heavy atom. The molecule has 0 aromatic carbocycles. The van der Waals surface area contributed by atoms with Crippen LogP contribution in [-0.2, 0) is 4.79 Å². The Labute approximate surface area is 102 Å². The largest absolute Gasteiger partial charge is 0.481 e. The van der Waals surface area contributed by atoms with Crippen LogP contribution in [0.2, 0.25) is 0 Å². The molecule has 0 aliphatic carbocycles. The van der Waals surface area contributed by atoms with Crippen molar-refractivity contribution in [1.82, 2.24) is 4.98 Å². The van der Waals surface area contributed by atoms with E-state index in [-0.39, 0.29) is 23.6 Å². The van der Waals surface area contributed by atoms with E-state index in [4.69, 9.17) is 10.4 Å². The van der Waals surface area contributed by atoms with E-state index in [0.717, 1.165) is 12.3 Å². The summed E-state index contributed by atoms with van der Waals surface area (Å²) in [4.78, 5) is 24.2. The van der Waals surface area contributed by atoms with Crippen molar-refractivity contribution in [2.24, 2.45) is 5.92 Å². The van der Waals surface area contributed by atoms with Crippen LogP contribution in [0.5, 0.6) is 0 Å². The molecule has 1 heterocycles. The quantitative estimate of drug-likeness (QED) is 0.588. The summed E-state index contributed by atoms with van der Waals surface area (Å²) in [6.07, 6.45) is 1.01. The van der Waals surface area contributed by atoms with E-state index >= 15 is 0 Å². The number of carboxylic acids is 1. The van der Waals surface area contributed by atoms with E-state index in [2.05, 4.69) is 10.3 Å². The van der Waals surface area contributed by atoms with Crippen molar-refractivity contribution in [3.63, 3.8) is 0 Å². The zero-order chi connectivity index (χ0) is 13.7. The molecule has 0 saturated carbocycles. The minimum Gasteiger partial charge on any atom is -0.481 e. The average Bonchev–Trinajstić information content (AvgIpc) is 2.35. The fourth-order valence-electron chi connectivity index (χ4n) is 1.12. The summed E-state index contributed by atoms with van der Waals surface area (Å²) in [6, 6.07) is 2.85. The highest BCUT2D eigenvalue weighted by Gasteiger charge is 2.14. The van der Waals surface area contributed by atoms with Crippen LogP contribution in [0.3, 0.4) is 0 Å². The number of nitrogens with one attached hydrogen (secondary N) is 1. The number of aliphatic carboxylic acids is 1. The van der Waals surface area contributed by atoms with E-state index in [1.165, 1.54) is 6.92 Å². The number of hydrogen-bond donors (Lipinski definition) is 2. The van der Waals surface area contributed by atoms with E-state index in [1.54, 1.807) is 6.07 Å². The standard InChI is InChI=1S/C10H10N4O4/c1-6(10(15)16)4-12-9-7(3-11)2-8(5-13-9)14(17)18/h2,5-6H,4H2,1H3,(H,12,13)(H,15,16). The van der Waals surface area contributed by atoms with Crippen LogP contribution in [0.1, 0.15) is 12.5 Å². The zero-order valence-corrected chi connectivity index (χ0v) is 9.45. The smallest absolute Gasteiger partial charge is 0.308 e. The van der Waals surface area contributed by atoms with Crippen molar-refractivity contribution in [3.8, 4) is 6.07 Å². The van der Waals surface area contributed by atoms with E-state index in [1.807, 2.05) is 0 Å². The number of nitro groups is 1. The Morgan fingerprint density at radius 3 is 2.94 bits per heavy atom. The predicted octanol–water partition coefficient (Wildman–Crippen LogP) is 0.994. The third-order valence-corrected chi connectivity index (χ3v) is 2.20. The molecular formula is C10H10N4O4. The summed E-state index contributed by atoms with van der Waals surface area (Å²) in [6.45, 7) is 1.57. The number of pyridine rings is 1. The van der Waals surface area contributed by atoms with Gasteiger partial charge >= 0.3 is 5.97 Å². The van der Waals surface area contributed by atoms with Crippen LogP contribution in [0.25, 0.3) is 0 Å². The lowest BCUT2D eigenvalue weighted by molar-refractivity contribution is -0.385. The van der Waals surface area contributed by atoms with Crippen molar-refractivity contribution in [3.05, 3.63) is 27.9 Å². The van der Waals surface area contributed by atoms with Crippen LogP contribution in [0.4, 0.5) is 11.5 Å². The molecule has 0 fully saturated rings. The molecule has 0 amide bonds. The maximum atomic E-state index is 10.6. The van der Waals surface area contributed by atoms with Crippen molar-refractivity contribution in [1.29, 1.82) is 5.26 Å². The van der Waals surface area contributed by atoms with Gasteiger partial charge in [0.25, 0.3) is 5.69 Å². The van der Waals surface area contributed by atoms with Gasteiger partial charge in [-0.05, 0) is 0 Å². The minimum atomic E-state index is -0.983. The molecule has 1 aromatic rings. The van der Waals surface area contributed by atoms with Gasteiger partial charge in [-0.2, -0.15) is 5.26 Å². The monoisotopic (exact) mass is 250 g/mol. The van der Waals surface area contributed by atoms with Gasteiger partial charge in [-0.1, -0.05) is 6.92 Å². The molecule has 1 rings (SSSR count). The molecule has 1 aromatic heterocycles. The second-order valence-electron chi connectivity index (χ2n) is 3.58. The third-order valence-electron chi connectivity index (χ3n) is 2.20. The van der Waals surface area contributed by atoms with Gasteiger partial charge < -0.3 is 10.4 Å². The highest BCUT2D eigenvalue weighted by molar-refractivity contribution is 5.70. The first-order valence-electron chi connectivity index (χ1n) is 4.97. The predicted molar refractivity (Wildman–Crippen MR) is 60.9 cm³/mol. The van der Waals surface area contributed by atoms with Crippen LogP contribution >= 0.6 is 0 Å². The van der Waals surface area contributed by atoms with Gasteiger partial charge in [-0.25, -0.2) is 4.98 Å². The Bertz CT molecular complexity index is 523. The van der Waals surface area contributed by atoms with Gasteiger partial charge in [0.2, 0.25) is 0 Å². The summed E-state index contributed by atoms with van der Waals surface area (Å²) in [7, 11) is 0. The number of hydrogen-bond acceptors (Lipinski definition) is 6. The average molecular weight is 250 g/mol. The van der Waals surface area contributed by atoms with Crippen molar-refractivity contribution in [2.45, 2.75) is 6.92 Å². The number of carboxylic acid groups (broad SMARTS) is 1. The summed E-state index contributed by atoms with van der Waals surface area (Å²) >= 11 is 0. The van der Waals surface area contributed by atoms with Crippen LogP contribution in [-0.4, -0.2) is 27.5 Å². The molecule has 0 radical (unpaired) electrons. The lowest BCUT2D eigenvalue weighted by Crippen LogP contribution is -2.20. The lowest BCUT2D eigenvalue weighted by Gasteiger charge is -2.09. The van der Waals surface area contributed by atoms with Gasteiger partial charge in [0.15, 0.2) is 0 Å². The molecule has 0 aliphatic heterocycles. The molecule has 94 valence electrons. The Morgan fingerprint density at radius 2 is 2.44 bits per heavy atom.